The van der Waals surface area contributed by atoms with Gasteiger partial charge in [0.25, 0.3) is 0 Å². The molecule has 0 aromatic carbocycles. The van der Waals surface area contributed by atoms with E-state index in [-0.39, 0.29) is 0 Å². The summed E-state index contributed by atoms with van der Waals surface area (Å²) in [7, 11) is 0. The Balaban J connectivity index is 2.87. The minimum atomic E-state index is 0.678. The van der Waals surface area contributed by atoms with Crippen LogP contribution in [-0.4, -0.2) is 6.29 Å². The predicted molar refractivity (Wildman–Crippen MR) is 49.4 cm³/mol. The first-order chi connectivity index (χ1) is 5.33. The molecule has 0 radical (unpaired) electrons. The Bertz CT molecular complexity index is 269. The quantitative estimate of drug-likeness (QED) is 0.609. The van der Waals surface area contributed by atoms with Gasteiger partial charge in [-0.1, -0.05) is 40.2 Å². The smallest absolute Gasteiger partial charge is 0.150 e. The second kappa shape index (κ2) is 4.09. The minimum Gasteiger partial charge on any atom is -0.298 e. The zero-order chi connectivity index (χ0) is 8.10. The average molecular weight is 211 g/mol. The molecule has 56 valence electrons. The van der Waals surface area contributed by atoms with Crippen LogP contribution in [0.5, 0.6) is 0 Å². The number of carbonyl (C=O) groups excluding carboxylic acids is 1. The highest BCUT2D eigenvalue weighted by Crippen LogP contribution is 2.09. The van der Waals surface area contributed by atoms with Crippen LogP contribution >= 0.6 is 15.9 Å². The van der Waals surface area contributed by atoms with Crippen molar-refractivity contribution in [1.29, 1.82) is 0 Å². The summed E-state index contributed by atoms with van der Waals surface area (Å²) in [5.74, 6) is 0. The SMILES string of the molecule is O=CC1=C/C=C\C(Br)=C/C=C\1. The van der Waals surface area contributed by atoms with E-state index in [4.69, 9.17) is 0 Å². The maximum absolute atomic E-state index is 10.3. The van der Waals surface area contributed by atoms with E-state index in [9.17, 15) is 4.79 Å². The van der Waals surface area contributed by atoms with Gasteiger partial charge in [0.05, 0.1) is 0 Å². The first kappa shape index (κ1) is 8.21. The molecule has 0 saturated carbocycles. The third-order valence-electron chi connectivity index (χ3n) is 1.22. The monoisotopic (exact) mass is 210 g/mol. The maximum Gasteiger partial charge on any atom is 0.150 e. The number of rotatable bonds is 1. The molecule has 1 nitrogen and oxygen atoms in total. The molecular formula is C9H7BrO. The summed E-state index contributed by atoms with van der Waals surface area (Å²) in [6.07, 6.45) is 11.8. The lowest BCUT2D eigenvalue weighted by Crippen LogP contribution is -1.78. The Morgan fingerprint density at radius 2 is 1.91 bits per heavy atom. The summed E-state index contributed by atoms with van der Waals surface area (Å²) in [5, 5.41) is 0. The molecule has 0 saturated heterocycles. The van der Waals surface area contributed by atoms with Crippen molar-refractivity contribution in [2.24, 2.45) is 0 Å². The highest BCUT2D eigenvalue weighted by Gasteiger charge is 1.88. The second-order valence-electron chi connectivity index (χ2n) is 2.05. The third kappa shape index (κ3) is 2.68. The Hall–Kier alpha value is -0.890. The van der Waals surface area contributed by atoms with Crippen LogP contribution in [0.15, 0.2) is 46.5 Å². The Morgan fingerprint density at radius 3 is 2.64 bits per heavy atom. The van der Waals surface area contributed by atoms with Gasteiger partial charge in [-0.15, -0.1) is 0 Å². The summed E-state index contributed by atoms with van der Waals surface area (Å²) in [4.78, 5) is 10.3. The van der Waals surface area contributed by atoms with Gasteiger partial charge in [-0.05, 0) is 12.2 Å². The van der Waals surface area contributed by atoms with Gasteiger partial charge in [0.15, 0.2) is 0 Å². The summed E-state index contributed by atoms with van der Waals surface area (Å²) in [5.41, 5.74) is 0.678. The second-order valence-corrected chi connectivity index (χ2v) is 2.97. The maximum atomic E-state index is 10.3. The molecule has 0 fully saturated rings. The summed E-state index contributed by atoms with van der Waals surface area (Å²) in [6, 6.07) is 0. The van der Waals surface area contributed by atoms with Crippen LogP contribution in [0.3, 0.4) is 0 Å². The third-order valence-corrected chi connectivity index (χ3v) is 1.75. The van der Waals surface area contributed by atoms with E-state index in [2.05, 4.69) is 15.9 Å². The van der Waals surface area contributed by atoms with Crippen LogP contribution in [0.4, 0.5) is 0 Å². The van der Waals surface area contributed by atoms with E-state index in [1.807, 2.05) is 24.3 Å². The molecule has 0 aromatic rings. The van der Waals surface area contributed by atoms with Crippen molar-refractivity contribution in [3.63, 3.8) is 0 Å². The summed E-state index contributed by atoms with van der Waals surface area (Å²) < 4.78 is 0.995. The molecule has 2 heteroatoms. The molecule has 1 aliphatic rings. The predicted octanol–water partition coefficient (Wildman–Crippen LogP) is 2.52. The van der Waals surface area contributed by atoms with Gasteiger partial charge in [0.1, 0.15) is 6.29 Å². The van der Waals surface area contributed by atoms with Gasteiger partial charge in [0, 0.05) is 10.1 Å². The lowest BCUT2D eigenvalue weighted by Gasteiger charge is -1.91. The molecular weight excluding hydrogens is 204 g/mol. The molecule has 11 heavy (non-hydrogen) atoms. The lowest BCUT2D eigenvalue weighted by atomic mass is 10.2. The molecule has 1 rings (SSSR count). The largest absolute Gasteiger partial charge is 0.298 e. The van der Waals surface area contributed by atoms with Crippen LogP contribution in [0.2, 0.25) is 0 Å². The van der Waals surface area contributed by atoms with E-state index < -0.39 is 0 Å². The zero-order valence-electron chi connectivity index (χ0n) is 5.83. The van der Waals surface area contributed by atoms with Crippen molar-refractivity contribution >= 4 is 22.2 Å². The molecule has 0 amide bonds. The standard InChI is InChI=1S/C9H7BrO/c10-9-5-1-3-8(7-11)4-2-6-9/h1-7H/b3-1-,4-2?,5-1?,6-2-,8-3?,8-4+,9-5+,9-6?. The van der Waals surface area contributed by atoms with Gasteiger partial charge < -0.3 is 0 Å². The van der Waals surface area contributed by atoms with Crippen molar-refractivity contribution in [2.75, 3.05) is 0 Å². The van der Waals surface area contributed by atoms with Crippen LogP contribution in [0.1, 0.15) is 0 Å². The number of allylic oxidation sites excluding steroid dienone is 8. The Labute approximate surface area is 73.9 Å². The van der Waals surface area contributed by atoms with Crippen LogP contribution < -0.4 is 0 Å². The molecule has 0 bridgehead atoms. The fraction of sp³-hybridized carbons (Fsp3) is 0. The number of hydrogen-bond acceptors (Lipinski definition) is 1. The van der Waals surface area contributed by atoms with Crippen molar-refractivity contribution in [2.45, 2.75) is 0 Å². The molecule has 1 aliphatic carbocycles. The van der Waals surface area contributed by atoms with E-state index in [0.717, 1.165) is 10.8 Å². The van der Waals surface area contributed by atoms with E-state index in [1.165, 1.54) is 0 Å². The lowest BCUT2D eigenvalue weighted by molar-refractivity contribution is -0.104. The normalized spacial score (nSPS) is 31.7. The molecule has 0 aliphatic heterocycles. The highest BCUT2D eigenvalue weighted by molar-refractivity contribution is 9.11. The highest BCUT2D eigenvalue weighted by atomic mass is 79.9. The molecule has 0 unspecified atom stereocenters. The van der Waals surface area contributed by atoms with E-state index >= 15 is 0 Å². The molecule has 0 atom stereocenters. The average Bonchev–Trinajstić information content (AvgIpc) is 1.96. The van der Waals surface area contributed by atoms with Gasteiger partial charge in [-0.25, -0.2) is 0 Å². The van der Waals surface area contributed by atoms with Crippen LogP contribution in [0.25, 0.3) is 0 Å². The van der Waals surface area contributed by atoms with E-state index in [1.54, 1.807) is 12.2 Å². The zero-order valence-corrected chi connectivity index (χ0v) is 7.41. The number of hydrogen-bond donors (Lipinski definition) is 0. The molecule has 0 N–H and O–H groups in total. The van der Waals surface area contributed by atoms with Crippen molar-refractivity contribution in [3.8, 4) is 0 Å². The van der Waals surface area contributed by atoms with Crippen molar-refractivity contribution < 1.29 is 4.79 Å². The topological polar surface area (TPSA) is 17.1 Å². The van der Waals surface area contributed by atoms with Gasteiger partial charge >= 0.3 is 0 Å². The molecule has 0 heterocycles. The van der Waals surface area contributed by atoms with Gasteiger partial charge in [0.2, 0.25) is 0 Å². The van der Waals surface area contributed by atoms with Gasteiger partial charge in [-0.2, -0.15) is 0 Å². The molecule has 0 aromatic heterocycles. The fourth-order valence-corrected chi connectivity index (χ4v) is 0.997. The van der Waals surface area contributed by atoms with Crippen molar-refractivity contribution in [1.82, 2.24) is 0 Å². The number of aldehydes is 1. The minimum absolute atomic E-state index is 0.678. The first-order valence-electron chi connectivity index (χ1n) is 3.20. The van der Waals surface area contributed by atoms with E-state index in [0.29, 0.717) is 5.57 Å². The summed E-state index contributed by atoms with van der Waals surface area (Å²) >= 11 is 3.32. The summed E-state index contributed by atoms with van der Waals surface area (Å²) in [6.45, 7) is 0. The Morgan fingerprint density at radius 1 is 1.18 bits per heavy atom. The van der Waals surface area contributed by atoms with Gasteiger partial charge in [-0.3, -0.25) is 4.79 Å². The number of carbonyl (C=O) groups is 1. The Kier molecular flexibility index (Phi) is 3.05. The molecule has 0 spiro atoms. The van der Waals surface area contributed by atoms with Crippen LogP contribution in [0, 0.1) is 0 Å². The van der Waals surface area contributed by atoms with Crippen LogP contribution in [-0.2, 0) is 4.79 Å². The fourth-order valence-electron chi connectivity index (χ4n) is 0.692. The number of halogens is 1. The van der Waals surface area contributed by atoms with Crippen molar-refractivity contribution in [3.05, 3.63) is 46.5 Å². The first-order valence-corrected chi connectivity index (χ1v) is 3.99.